The first kappa shape index (κ1) is 15.9. The van der Waals surface area contributed by atoms with E-state index in [1.165, 1.54) is 25.3 Å². The lowest BCUT2D eigenvalue weighted by Gasteiger charge is -2.44. The Balaban J connectivity index is 2.07. The zero-order valence-corrected chi connectivity index (χ0v) is 13.9. The number of nitrogens with two attached hydrogens (primary N) is 1. The van der Waals surface area contributed by atoms with Gasteiger partial charge < -0.3 is 5.73 Å². The molecule has 1 atom stereocenters. The molecular weight excluding hydrogens is 319 g/mol. The topological polar surface area (TPSA) is 29.3 Å². The summed E-state index contributed by atoms with van der Waals surface area (Å²) in [4.78, 5) is 2.46. The molecule has 1 aliphatic heterocycles. The minimum Gasteiger partial charge on any atom is -0.326 e. The Morgan fingerprint density at radius 1 is 1.30 bits per heavy atom. The fraction of sp³-hybridized carbons (Fsp3) is 0.625. The fourth-order valence-corrected chi connectivity index (χ4v) is 3.21. The summed E-state index contributed by atoms with van der Waals surface area (Å²) < 4.78 is 14.7. The van der Waals surface area contributed by atoms with Crippen LogP contribution in [0.3, 0.4) is 0 Å². The van der Waals surface area contributed by atoms with Crippen molar-refractivity contribution >= 4 is 15.9 Å². The predicted octanol–water partition coefficient (Wildman–Crippen LogP) is 3.72. The predicted molar refractivity (Wildman–Crippen MR) is 85.3 cm³/mol. The van der Waals surface area contributed by atoms with E-state index in [4.69, 9.17) is 5.73 Å². The number of rotatable bonds is 4. The SMILES string of the molecule is CC(C)(C(N)Cc1ccc(Br)cc1F)N1CCCCC1. The summed E-state index contributed by atoms with van der Waals surface area (Å²) in [6.07, 6.45) is 4.36. The second-order valence-electron chi connectivity index (χ2n) is 6.25. The molecule has 1 heterocycles. The van der Waals surface area contributed by atoms with Crippen LogP contribution in [-0.4, -0.2) is 29.6 Å². The van der Waals surface area contributed by atoms with Crippen LogP contribution in [0.5, 0.6) is 0 Å². The van der Waals surface area contributed by atoms with Crippen LogP contribution in [0, 0.1) is 5.82 Å². The highest BCUT2D eigenvalue weighted by Crippen LogP contribution is 2.26. The van der Waals surface area contributed by atoms with Crippen molar-refractivity contribution in [3.05, 3.63) is 34.1 Å². The van der Waals surface area contributed by atoms with Crippen LogP contribution < -0.4 is 5.73 Å². The Morgan fingerprint density at radius 2 is 1.95 bits per heavy atom. The van der Waals surface area contributed by atoms with E-state index in [0.717, 1.165) is 17.6 Å². The number of halogens is 2. The summed E-state index contributed by atoms with van der Waals surface area (Å²) in [7, 11) is 0. The van der Waals surface area contributed by atoms with E-state index in [9.17, 15) is 4.39 Å². The summed E-state index contributed by atoms with van der Waals surface area (Å²) in [5, 5.41) is 0. The number of likely N-dealkylation sites (tertiary alicyclic amines) is 1. The van der Waals surface area contributed by atoms with Crippen molar-refractivity contribution in [2.45, 2.75) is 51.1 Å². The highest BCUT2D eigenvalue weighted by molar-refractivity contribution is 9.10. The van der Waals surface area contributed by atoms with Gasteiger partial charge >= 0.3 is 0 Å². The summed E-state index contributed by atoms with van der Waals surface area (Å²) >= 11 is 3.29. The second-order valence-corrected chi connectivity index (χ2v) is 7.16. The lowest BCUT2D eigenvalue weighted by molar-refractivity contribution is 0.0729. The molecule has 2 nitrogen and oxygen atoms in total. The summed E-state index contributed by atoms with van der Waals surface area (Å²) in [5.41, 5.74) is 7.00. The molecule has 0 radical (unpaired) electrons. The molecule has 20 heavy (non-hydrogen) atoms. The van der Waals surface area contributed by atoms with E-state index in [-0.39, 0.29) is 17.4 Å². The molecule has 0 bridgehead atoms. The molecule has 1 fully saturated rings. The number of benzene rings is 1. The van der Waals surface area contributed by atoms with Crippen LogP contribution in [0.4, 0.5) is 4.39 Å². The lowest BCUT2D eigenvalue weighted by atomic mass is 9.86. The van der Waals surface area contributed by atoms with E-state index in [0.29, 0.717) is 12.0 Å². The van der Waals surface area contributed by atoms with Gasteiger partial charge in [-0.2, -0.15) is 0 Å². The van der Waals surface area contributed by atoms with E-state index >= 15 is 0 Å². The van der Waals surface area contributed by atoms with Crippen molar-refractivity contribution in [1.29, 1.82) is 0 Å². The highest BCUT2D eigenvalue weighted by atomic mass is 79.9. The lowest BCUT2D eigenvalue weighted by Crippen LogP contribution is -2.58. The summed E-state index contributed by atoms with van der Waals surface area (Å²) in [6, 6.07) is 5.14. The Morgan fingerprint density at radius 3 is 2.55 bits per heavy atom. The van der Waals surface area contributed by atoms with E-state index in [2.05, 4.69) is 34.7 Å². The maximum absolute atomic E-state index is 13.9. The van der Waals surface area contributed by atoms with Gasteiger partial charge in [0.2, 0.25) is 0 Å². The van der Waals surface area contributed by atoms with Crippen LogP contribution in [0.1, 0.15) is 38.7 Å². The van der Waals surface area contributed by atoms with Gasteiger partial charge in [-0.1, -0.05) is 28.4 Å². The molecule has 1 aliphatic rings. The van der Waals surface area contributed by atoms with Gasteiger partial charge in [0, 0.05) is 16.1 Å². The average Bonchev–Trinajstić information content (AvgIpc) is 2.42. The average molecular weight is 343 g/mol. The van der Waals surface area contributed by atoms with Crippen LogP contribution in [0.2, 0.25) is 0 Å². The van der Waals surface area contributed by atoms with Gasteiger partial charge in [-0.15, -0.1) is 0 Å². The molecule has 1 aromatic carbocycles. The molecule has 112 valence electrons. The largest absolute Gasteiger partial charge is 0.326 e. The van der Waals surface area contributed by atoms with Crippen molar-refractivity contribution in [2.24, 2.45) is 5.73 Å². The minimum atomic E-state index is -0.177. The van der Waals surface area contributed by atoms with Gasteiger partial charge in [-0.05, 0) is 63.9 Å². The van der Waals surface area contributed by atoms with Crippen molar-refractivity contribution in [3.63, 3.8) is 0 Å². The third-order valence-corrected chi connectivity index (χ3v) is 5.03. The number of hydrogen-bond donors (Lipinski definition) is 1. The number of nitrogens with zero attached hydrogens (tertiary/aromatic N) is 1. The van der Waals surface area contributed by atoms with Crippen molar-refractivity contribution in [2.75, 3.05) is 13.1 Å². The minimum absolute atomic E-state index is 0.0729. The third-order valence-electron chi connectivity index (χ3n) is 4.53. The smallest absolute Gasteiger partial charge is 0.127 e. The van der Waals surface area contributed by atoms with Crippen molar-refractivity contribution < 1.29 is 4.39 Å². The monoisotopic (exact) mass is 342 g/mol. The van der Waals surface area contributed by atoms with Crippen LogP contribution in [-0.2, 0) is 6.42 Å². The molecule has 2 N–H and O–H groups in total. The molecular formula is C16H24BrFN2. The zero-order valence-electron chi connectivity index (χ0n) is 12.3. The number of hydrogen-bond acceptors (Lipinski definition) is 2. The quantitative estimate of drug-likeness (QED) is 0.903. The molecule has 2 rings (SSSR count). The van der Waals surface area contributed by atoms with Crippen molar-refractivity contribution in [1.82, 2.24) is 4.90 Å². The first-order valence-electron chi connectivity index (χ1n) is 7.36. The molecule has 1 unspecified atom stereocenters. The molecule has 0 aliphatic carbocycles. The first-order valence-corrected chi connectivity index (χ1v) is 8.15. The zero-order chi connectivity index (χ0) is 14.8. The summed E-state index contributed by atoms with van der Waals surface area (Å²) in [6.45, 7) is 6.56. The van der Waals surface area contributed by atoms with Gasteiger partial charge in [-0.25, -0.2) is 4.39 Å². The third kappa shape index (κ3) is 3.60. The first-order chi connectivity index (χ1) is 9.41. The Bertz CT molecular complexity index is 456. The van der Waals surface area contributed by atoms with Crippen LogP contribution >= 0.6 is 15.9 Å². The van der Waals surface area contributed by atoms with Crippen molar-refractivity contribution in [3.8, 4) is 0 Å². The summed E-state index contributed by atoms with van der Waals surface area (Å²) in [5.74, 6) is -0.177. The maximum Gasteiger partial charge on any atom is 0.127 e. The maximum atomic E-state index is 13.9. The van der Waals surface area contributed by atoms with Gasteiger partial charge in [0.15, 0.2) is 0 Å². The molecule has 0 aromatic heterocycles. The molecule has 0 saturated carbocycles. The molecule has 1 aromatic rings. The molecule has 1 saturated heterocycles. The van der Waals surface area contributed by atoms with Gasteiger partial charge in [-0.3, -0.25) is 4.90 Å². The Labute approximate surface area is 129 Å². The normalized spacial score (nSPS) is 19.1. The Kier molecular flexibility index (Phi) is 5.21. The van der Waals surface area contributed by atoms with Gasteiger partial charge in [0.05, 0.1) is 0 Å². The van der Waals surface area contributed by atoms with Crippen LogP contribution in [0.15, 0.2) is 22.7 Å². The fourth-order valence-electron chi connectivity index (χ4n) is 2.88. The van der Waals surface area contributed by atoms with Gasteiger partial charge in [0.1, 0.15) is 5.82 Å². The molecule has 4 heteroatoms. The van der Waals surface area contributed by atoms with Gasteiger partial charge in [0.25, 0.3) is 0 Å². The van der Waals surface area contributed by atoms with E-state index in [1.807, 2.05) is 12.1 Å². The molecule has 0 spiro atoms. The highest BCUT2D eigenvalue weighted by Gasteiger charge is 2.34. The van der Waals surface area contributed by atoms with E-state index in [1.54, 1.807) is 0 Å². The Hall–Kier alpha value is -0.450. The molecule has 0 amide bonds. The second kappa shape index (κ2) is 6.54. The van der Waals surface area contributed by atoms with E-state index < -0.39 is 0 Å². The van der Waals surface area contributed by atoms with Crippen LogP contribution in [0.25, 0.3) is 0 Å². The number of piperidine rings is 1. The standard InChI is InChI=1S/C16H24BrFN2/c1-16(2,20-8-4-3-5-9-20)15(19)10-12-6-7-13(17)11-14(12)18/h6-7,11,15H,3-5,8-10,19H2,1-2H3.